The summed E-state index contributed by atoms with van der Waals surface area (Å²) in [6.07, 6.45) is -5.46. The predicted molar refractivity (Wildman–Crippen MR) is 110 cm³/mol. The Bertz CT molecular complexity index is 1070. The van der Waals surface area contributed by atoms with Gasteiger partial charge in [-0.1, -0.05) is 39.0 Å². The number of sulfonamides is 1. The van der Waals surface area contributed by atoms with Gasteiger partial charge in [0.1, 0.15) is 11.5 Å². The molecule has 7 nitrogen and oxygen atoms in total. The summed E-state index contributed by atoms with van der Waals surface area (Å²) in [5.41, 5.74) is 0.633. The Hall–Kier alpha value is -2.79. The second-order valence-corrected chi connectivity index (χ2v) is 10.1. The minimum absolute atomic E-state index is 0.102. The number of benzene rings is 2. The molecule has 1 aliphatic rings. The summed E-state index contributed by atoms with van der Waals surface area (Å²) in [6, 6.07) is 10.5. The van der Waals surface area contributed by atoms with Crippen molar-refractivity contribution in [1.29, 1.82) is 0 Å². The molecule has 0 aliphatic carbocycles. The lowest BCUT2D eigenvalue weighted by Crippen LogP contribution is -2.61. The Morgan fingerprint density at radius 3 is 2.19 bits per heavy atom. The van der Waals surface area contributed by atoms with E-state index in [0.29, 0.717) is 5.75 Å². The fraction of sp³-hybridized carbons (Fsp3) is 0.381. The number of halogens is 3. The molecule has 174 valence electrons. The van der Waals surface area contributed by atoms with Crippen molar-refractivity contribution in [3.63, 3.8) is 0 Å². The van der Waals surface area contributed by atoms with Gasteiger partial charge in [0, 0.05) is 18.7 Å². The molecule has 0 radical (unpaired) electrons. The number of alkyl halides is 3. The number of nitrogens with zero attached hydrogens (tertiary/aromatic N) is 1. The summed E-state index contributed by atoms with van der Waals surface area (Å²) in [7, 11) is -3.98. The summed E-state index contributed by atoms with van der Waals surface area (Å²) >= 11 is 0. The predicted octanol–water partition coefficient (Wildman–Crippen LogP) is 4.04. The summed E-state index contributed by atoms with van der Waals surface area (Å²) in [5.74, 6) is -0.0836. The zero-order valence-corrected chi connectivity index (χ0v) is 18.5. The molecule has 0 unspecified atom stereocenters. The largest absolute Gasteiger partial charge is 0.573 e. The third kappa shape index (κ3) is 5.92. The number of ether oxygens (including phenoxy) is 2. The Morgan fingerprint density at radius 2 is 1.62 bits per heavy atom. The molecule has 32 heavy (non-hydrogen) atoms. The maximum Gasteiger partial charge on any atom is 0.573 e. The summed E-state index contributed by atoms with van der Waals surface area (Å²) in [4.78, 5) is 13.6. The number of rotatable bonds is 5. The van der Waals surface area contributed by atoms with Crippen LogP contribution in [0.2, 0.25) is 0 Å². The Balaban J connectivity index is 1.56. The third-order valence-corrected chi connectivity index (χ3v) is 6.26. The lowest BCUT2D eigenvalue weighted by Gasteiger charge is -2.38. The third-order valence-electron chi connectivity index (χ3n) is 4.72. The van der Waals surface area contributed by atoms with Crippen molar-refractivity contribution in [1.82, 2.24) is 9.62 Å². The number of hydrogen-bond acceptors (Lipinski definition) is 5. The van der Waals surface area contributed by atoms with E-state index in [1.54, 1.807) is 12.1 Å². The van der Waals surface area contributed by atoms with Crippen LogP contribution in [0.15, 0.2) is 53.4 Å². The van der Waals surface area contributed by atoms with Gasteiger partial charge in [-0.25, -0.2) is 17.9 Å². The molecule has 11 heteroatoms. The fourth-order valence-corrected chi connectivity index (χ4v) is 4.36. The first kappa shape index (κ1) is 23.9. The topological polar surface area (TPSA) is 84.9 Å². The van der Waals surface area contributed by atoms with Crippen LogP contribution < -0.4 is 14.2 Å². The standard InChI is InChI=1S/C21H23F3N2O5S/c1-20(2,3)17-6-4-5-7-18(17)30-19(27)26-12-14(13-26)25-32(28,29)16-10-8-15(9-11-16)31-21(22,23)24/h4-11,14,25H,12-13H2,1-3H3. The number of nitrogens with one attached hydrogen (secondary N) is 1. The van der Waals surface area contributed by atoms with E-state index < -0.39 is 34.3 Å². The number of likely N-dealkylation sites (tertiary alicyclic amines) is 1. The number of carbonyl (C=O) groups is 1. The van der Waals surface area contributed by atoms with E-state index in [1.807, 2.05) is 32.9 Å². The van der Waals surface area contributed by atoms with Crippen LogP contribution in [0.5, 0.6) is 11.5 Å². The Labute approximate surface area is 184 Å². The first-order chi connectivity index (χ1) is 14.7. The monoisotopic (exact) mass is 472 g/mol. The molecular formula is C21H23F3N2O5S. The number of hydrogen-bond donors (Lipinski definition) is 1. The molecule has 1 N–H and O–H groups in total. The van der Waals surface area contributed by atoms with Gasteiger partial charge >= 0.3 is 12.5 Å². The minimum Gasteiger partial charge on any atom is -0.410 e. The van der Waals surface area contributed by atoms with E-state index in [0.717, 1.165) is 29.8 Å². The number of para-hydroxylation sites is 1. The molecule has 1 amide bonds. The number of carbonyl (C=O) groups excluding carboxylic acids is 1. The molecule has 0 bridgehead atoms. The van der Waals surface area contributed by atoms with E-state index in [-0.39, 0.29) is 23.4 Å². The highest BCUT2D eigenvalue weighted by Crippen LogP contribution is 2.31. The molecule has 1 aliphatic heterocycles. The SMILES string of the molecule is CC(C)(C)c1ccccc1OC(=O)N1CC(NS(=O)(=O)c2ccc(OC(F)(F)F)cc2)C1. The van der Waals surface area contributed by atoms with E-state index >= 15 is 0 Å². The van der Waals surface area contributed by atoms with Crippen molar-refractivity contribution in [3.05, 3.63) is 54.1 Å². The average Bonchev–Trinajstić information content (AvgIpc) is 2.63. The molecule has 0 atom stereocenters. The van der Waals surface area contributed by atoms with Gasteiger partial charge in [-0.3, -0.25) is 0 Å². The maximum absolute atomic E-state index is 12.4. The Kier molecular flexibility index (Phi) is 6.43. The second-order valence-electron chi connectivity index (χ2n) is 8.36. The fourth-order valence-electron chi connectivity index (χ4n) is 3.14. The zero-order valence-electron chi connectivity index (χ0n) is 17.6. The lowest BCUT2D eigenvalue weighted by molar-refractivity contribution is -0.274. The molecule has 0 aromatic heterocycles. The van der Waals surface area contributed by atoms with Crippen molar-refractivity contribution in [2.75, 3.05) is 13.1 Å². The molecule has 1 heterocycles. The molecule has 2 aromatic rings. The zero-order chi connectivity index (χ0) is 23.7. The van der Waals surface area contributed by atoms with Gasteiger partial charge in [0.05, 0.1) is 10.9 Å². The summed E-state index contributed by atoms with van der Waals surface area (Å²) in [5, 5.41) is 0. The number of amides is 1. The molecule has 3 rings (SSSR count). The molecular weight excluding hydrogens is 449 g/mol. The van der Waals surface area contributed by atoms with E-state index in [9.17, 15) is 26.4 Å². The highest BCUT2D eigenvalue weighted by molar-refractivity contribution is 7.89. The first-order valence-electron chi connectivity index (χ1n) is 9.69. The van der Waals surface area contributed by atoms with Gasteiger partial charge in [-0.2, -0.15) is 0 Å². The lowest BCUT2D eigenvalue weighted by atomic mass is 9.86. The van der Waals surface area contributed by atoms with E-state index in [2.05, 4.69) is 9.46 Å². The van der Waals surface area contributed by atoms with Crippen LogP contribution in [0.3, 0.4) is 0 Å². The molecule has 2 aromatic carbocycles. The second kappa shape index (κ2) is 8.62. The van der Waals surface area contributed by atoms with Gasteiger partial charge in [-0.15, -0.1) is 13.2 Å². The van der Waals surface area contributed by atoms with E-state index in [1.165, 1.54) is 4.90 Å². The molecule has 1 saturated heterocycles. The quantitative estimate of drug-likeness (QED) is 0.710. The van der Waals surface area contributed by atoms with Gasteiger partial charge in [-0.05, 0) is 35.7 Å². The van der Waals surface area contributed by atoms with Crippen LogP contribution in [-0.2, 0) is 15.4 Å². The van der Waals surface area contributed by atoms with Crippen molar-refractivity contribution < 1.29 is 35.9 Å². The average molecular weight is 472 g/mol. The summed E-state index contributed by atoms with van der Waals surface area (Å²) in [6.45, 7) is 6.19. The van der Waals surface area contributed by atoms with Crippen molar-refractivity contribution in [2.45, 2.75) is 43.5 Å². The van der Waals surface area contributed by atoms with Gasteiger partial charge in [0.2, 0.25) is 10.0 Å². The van der Waals surface area contributed by atoms with Gasteiger partial charge in [0.25, 0.3) is 0 Å². The maximum atomic E-state index is 12.4. The van der Waals surface area contributed by atoms with Crippen LogP contribution >= 0.6 is 0 Å². The van der Waals surface area contributed by atoms with Crippen molar-refractivity contribution >= 4 is 16.1 Å². The smallest absolute Gasteiger partial charge is 0.410 e. The molecule has 1 fully saturated rings. The highest BCUT2D eigenvalue weighted by Gasteiger charge is 2.36. The molecule has 0 spiro atoms. The summed E-state index contributed by atoms with van der Waals surface area (Å²) < 4.78 is 73.2. The Morgan fingerprint density at radius 1 is 1.03 bits per heavy atom. The van der Waals surface area contributed by atoms with Crippen LogP contribution in [0.1, 0.15) is 26.3 Å². The van der Waals surface area contributed by atoms with E-state index in [4.69, 9.17) is 4.74 Å². The van der Waals surface area contributed by atoms with Crippen molar-refractivity contribution in [2.24, 2.45) is 0 Å². The minimum atomic E-state index is -4.87. The van der Waals surface area contributed by atoms with Crippen LogP contribution in [0.25, 0.3) is 0 Å². The molecule has 0 saturated carbocycles. The highest BCUT2D eigenvalue weighted by atomic mass is 32.2. The van der Waals surface area contributed by atoms with Gasteiger partial charge < -0.3 is 14.4 Å². The van der Waals surface area contributed by atoms with Crippen LogP contribution in [0.4, 0.5) is 18.0 Å². The van der Waals surface area contributed by atoms with Crippen molar-refractivity contribution in [3.8, 4) is 11.5 Å². The van der Waals surface area contributed by atoms with Gasteiger partial charge in [0.15, 0.2) is 0 Å². The normalized spacial score (nSPS) is 15.2. The van der Waals surface area contributed by atoms with Crippen LogP contribution in [0, 0.1) is 0 Å². The van der Waals surface area contributed by atoms with Crippen LogP contribution in [-0.4, -0.2) is 44.9 Å². The first-order valence-corrected chi connectivity index (χ1v) is 11.2.